The predicted octanol–water partition coefficient (Wildman–Crippen LogP) is 5.33. The minimum Gasteiger partial charge on any atom is -0.444 e. The van der Waals surface area contributed by atoms with Gasteiger partial charge in [0, 0.05) is 17.1 Å². The molecule has 0 bridgehead atoms. The summed E-state index contributed by atoms with van der Waals surface area (Å²) in [5.74, 6) is -0.466. The van der Waals surface area contributed by atoms with E-state index in [1.54, 1.807) is 39.8 Å². The Morgan fingerprint density at radius 2 is 1.79 bits per heavy atom. The van der Waals surface area contributed by atoms with Crippen LogP contribution in [-0.2, 0) is 14.0 Å². The highest BCUT2D eigenvalue weighted by molar-refractivity contribution is 6.56. The Morgan fingerprint density at radius 1 is 1.24 bits per heavy atom. The van der Waals surface area contributed by atoms with Crippen molar-refractivity contribution in [3.63, 3.8) is 0 Å². The molecule has 0 spiro atoms. The van der Waals surface area contributed by atoms with Crippen LogP contribution in [-0.4, -0.2) is 36.6 Å². The van der Waals surface area contributed by atoms with Gasteiger partial charge in [0.25, 0.3) is 0 Å². The molecule has 1 heterocycles. The van der Waals surface area contributed by atoms with Crippen LogP contribution < -0.4 is 5.32 Å². The summed E-state index contributed by atoms with van der Waals surface area (Å²) in [6, 6.07) is 2.92. The number of nitrogens with one attached hydrogen (secondary N) is 1. The summed E-state index contributed by atoms with van der Waals surface area (Å²) in [5, 5.41) is 3.05. The second-order valence-electron chi connectivity index (χ2n) is 9.29. The van der Waals surface area contributed by atoms with Gasteiger partial charge in [0.2, 0.25) is 0 Å². The third-order valence-electron chi connectivity index (χ3n) is 5.01. The van der Waals surface area contributed by atoms with Crippen LogP contribution >= 0.6 is 11.6 Å². The number of hydrogen-bond acceptors (Lipinski definition) is 4. The highest BCUT2D eigenvalue weighted by atomic mass is 35.5. The molecule has 29 heavy (non-hydrogen) atoms. The van der Waals surface area contributed by atoms with Gasteiger partial charge in [-0.2, -0.15) is 0 Å². The smallest absolute Gasteiger partial charge is 0.444 e. The summed E-state index contributed by atoms with van der Waals surface area (Å²) in [5.41, 5.74) is -0.128. The van der Waals surface area contributed by atoms with Crippen molar-refractivity contribution in [2.24, 2.45) is 0 Å². The maximum atomic E-state index is 14.5. The first-order valence-electron chi connectivity index (χ1n) is 9.60. The number of ether oxygens (including phenoxy) is 1. The zero-order valence-corrected chi connectivity index (χ0v) is 19.2. The predicted molar refractivity (Wildman–Crippen MR) is 114 cm³/mol. The van der Waals surface area contributed by atoms with Crippen molar-refractivity contribution in [1.82, 2.24) is 5.32 Å². The number of carbonyl (C=O) groups is 1. The monoisotopic (exact) mass is 425 g/mol. The molecule has 1 aliphatic heterocycles. The average molecular weight is 426 g/mol. The summed E-state index contributed by atoms with van der Waals surface area (Å²) in [4.78, 5) is 12.1. The molecule has 1 aromatic rings. The van der Waals surface area contributed by atoms with E-state index in [9.17, 15) is 9.18 Å². The van der Waals surface area contributed by atoms with Crippen LogP contribution in [0.15, 0.2) is 17.6 Å². The van der Waals surface area contributed by atoms with Crippen LogP contribution in [0.2, 0.25) is 5.02 Å². The van der Waals surface area contributed by atoms with Crippen molar-refractivity contribution in [2.45, 2.75) is 72.2 Å². The molecular formula is C21H30BClFNO4. The lowest BCUT2D eigenvalue weighted by molar-refractivity contribution is 0.00578. The fourth-order valence-corrected chi connectivity index (χ4v) is 2.83. The lowest BCUT2D eigenvalue weighted by Crippen LogP contribution is -2.41. The van der Waals surface area contributed by atoms with Crippen molar-refractivity contribution < 1.29 is 23.2 Å². The first kappa shape index (κ1) is 23.7. The van der Waals surface area contributed by atoms with Crippen molar-refractivity contribution in [3.05, 3.63) is 39.6 Å². The lowest BCUT2D eigenvalue weighted by atomic mass is 9.77. The molecule has 1 N–H and O–H groups in total. The van der Waals surface area contributed by atoms with Crippen molar-refractivity contribution >= 4 is 30.9 Å². The Labute approximate surface area is 178 Å². The number of aryl methyl sites for hydroxylation is 1. The number of amides is 1. The molecule has 160 valence electrons. The largest absolute Gasteiger partial charge is 0.492 e. The van der Waals surface area contributed by atoms with Gasteiger partial charge in [-0.05, 0) is 78.6 Å². The first-order chi connectivity index (χ1) is 13.1. The van der Waals surface area contributed by atoms with E-state index < -0.39 is 35.8 Å². The van der Waals surface area contributed by atoms with Crippen molar-refractivity contribution in [3.8, 4) is 0 Å². The Morgan fingerprint density at radius 3 is 2.31 bits per heavy atom. The van der Waals surface area contributed by atoms with E-state index >= 15 is 0 Å². The maximum absolute atomic E-state index is 14.5. The molecule has 0 unspecified atom stereocenters. The third kappa shape index (κ3) is 5.97. The second-order valence-corrected chi connectivity index (χ2v) is 9.69. The standard InChI is InChI=1S/C21H30BClFNO4/c1-13-9-14(17(24)11-16(13)23)10-15(12-25-18(26)27-19(2,3)4)22-28-20(5,6)21(7,8)29-22/h9-11H,12H2,1-8H3,(H,25,26). The van der Waals surface area contributed by atoms with Gasteiger partial charge in [-0.15, -0.1) is 0 Å². The minimum atomic E-state index is -0.745. The van der Waals surface area contributed by atoms with E-state index in [1.165, 1.54) is 6.07 Å². The zero-order chi connectivity index (χ0) is 22.2. The molecule has 5 nitrogen and oxygen atoms in total. The fraction of sp³-hybridized carbons (Fsp3) is 0.571. The highest BCUT2D eigenvalue weighted by Gasteiger charge is 2.52. The molecule has 0 radical (unpaired) electrons. The number of rotatable bonds is 4. The molecule has 1 aromatic carbocycles. The number of benzene rings is 1. The molecule has 1 aliphatic rings. The Bertz CT molecular complexity index is 802. The maximum Gasteiger partial charge on any atom is 0.492 e. The van der Waals surface area contributed by atoms with E-state index in [1.807, 2.05) is 27.7 Å². The van der Waals surface area contributed by atoms with Gasteiger partial charge in [0.1, 0.15) is 11.4 Å². The number of alkyl carbamates (subject to hydrolysis) is 1. The van der Waals surface area contributed by atoms with Gasteiger partial charge in [-0.1, -0.05) is 17.7 Å². The summed E-state index contributed by atoms with van der Waals surface area (Å²) in [6.07, 6.45) is 1.05. The molecule has 8 heteroatoms. The summed E-state index contributed by atoms with van der Waals surface area (Å²) >= 11 is 6.00. The Hall–Kier alpha value is -1.57. The molecule has 0 saturated carbocycles. The first-order valence-corrected chi connectivity index (χ1v) is 9.98. The number of halogens is 2. The topological polar surface area (TPSA) is 56.8 Å². The van der Waals surface area contributed by atoms with Crippen LogP contribution in [0.5, 0.6) is 0 Å². The van der Waals surface area contributed by atoms with Gasteiger partial charge in [0.15, 0.2) is 0 Å². The van der Waals surface area contributed by atoms with E-state index in [2.05, 4.69) is 5.32 Å². The molecule has 2 rings (SSSR count). The van der Waals surface area contributed by atoms with E-state index in [0.29, 0.717) is 16.1 Å². The van der Waals surface area contributed by atoms with Gasteiger partial charge >= 0.3 is 13.2 Å². The quantitative estimate of drug-likeness (QED) is 0.663. The average Bonchev–Trinajstić information content (AvgIpc) is 2.74. The fourth-order valence-electron chi connectivity index (χ4n) is 2.68. The Balaban J connectivity index is 2.34. The SMILES string of the molecule is Cc1cc(C=C(CNC(=O)OC(C)(C)C)B2OC(C)(C)C(C)(C)O2)c(F)cc1Cl. The Kier molecular flexibility index (Phi) is 6.77. The van der Waals surface area contributed by atoms with Gasteiger partial charge in [-0.3, -0.25) is 0 Å². The summed E-state index contributed by atoms with van der Waals surface area (Å²) in [7, 11) is -0.745. The minimum absolute atomic E-state index is 0.0762. The third-order valence-corrected chi connectivity index (χ3v) is 5.42. The van der Waals surface area contributed by atoms with Crippen LogP contribution in [0.25, 0.3) is 6.08 Å². The molecule has 0 aromatic heterocycles. The van der Waals surface area contributed by atoms with Crippen LogP contribution in [0.3, 0.4) is 0 Å². The van der Waals surface area contributed by atoms with Crippen molar-refractivity contribution in [1.29, 1.82) is 0 Å². The summed E-state index contributed by atoms with van der Waals surface area (Å²) < 4.78 is 32.0. The number of hydrogen-bond donors (Lipinski definition) is 1. The molecule has 1 fully saturated rings. The van der Waals surface area contributed by atoms with Gasteiger partial charge in [-0.25, -0.2) is 9.18 Å². The van der Waals surface area contributed by atoms with Crippen molar-refractivity contribution in [2.75, 3.05) is 6.54 Å². The van der Waals surface area contributed by atoms with E-state index in [0.717, 1.165) is 5.56 Å². The van der Waals surface area contributed by atoms with Gasteiger partial charge in [0.05, 0.1) is 11.2 Å². The summed E-state index contributed by atoms with van der Waals surface area (Å²) in [6.45, 7) is 14.9. The lowest BCUT2D eigenvalue weighted by Gasteiger charge is -2.32. The second kappa shape index (κ2) is 8.28. The molecule has 0 aliphatic carbocycles. The molecular weight excluding hydrogens is 395 g/mol. The van der Waals surface area contributed by atoms with Crippen LogP contribution in [0.1, 0.15) is 59.6 Å². The molecule has 1 saturated heterocycles. The zero-order valence-electron chi connectivity index (χ0n) is 18.4. The molecule has 1 amide bonds. The normalized spacial score (nSPS) is 18.7. The van der Waals surface area contributed by atoms with Crippen LogP contribution in [0, 0.1) is 12.7 Å². The van der Waals surface area contributed by atoms with E-state index in [-0.39, 0.29) is 6.54 Å². The van der Waals surface area contributed by atoms with Crippen LogP contribution in [0.4, 0.5) is 9.18 Å². The van der Waals surface area contributed by atoms with Gasteiger partial charge < -0.3 is 19.4 Å². The van der Waals surface area contributed by atoms with E-state index in [4.69, 9.17) is 25.6 Å². The number of carbonyl (C=O) groups excluding carboxylic acids is 1. The highest BCUT2D eigenvalue weighted by Crippen LogP contribution is 2.39. The molecule has 0 atom stereocenters.